The maximum absolute atomic E-state index is 5.39. The quantitative estimate of drug-likeness (QED) is 0.578. The number of nitrogens with one attached hydrogen (secondary N) is 1. The summed E-state index contributed by atoms with van der Waals surface area (Å²) in [4.78, 5) is 0. The molecule has 1 atom stereocenters. The third kappa shape index (κ3) is 2.82. The van der Waals surface area contributed by atoms with Gasteiger partial charge >= 0.3 is 0 Å². The molecule has 0 saturated heterocycles. The van der Waals surface area contributed by atoms with E-state index < -0.39 is 0 Å². The second-order valence-electron chi connectivity index (χ2n) is 2.92. The van der Waals surface area contributed by atoms with Crippen LogP contribution >= 0.6 is 0 Å². The Balaban J connectivity index is 1.95. The molecule has 1 aliphatic carbocycles. The maximum Gasteiger partial charge on any atom is 0.00707 e. The van der Waals surface area contributed by atoms with E-state index in [1.165, 1.54) is 12.8 Å². The van der Waals surface area contributed by atoms with Crippen LogP contribution in [0, 0.1) is 0 Å². The first-order valence-electron chi connectivity index (χ1n) is 3.79. The fourth-order valence-corrected chi connectivity index (χ4v) is 0.986. The Morgan fingerprint density at radius 2 is 2.33 bits per heavy atom. The standard InChI is InChI=1S/C7H16N2/c1-6(4-5-8)9-7-2-3-7/h6-7,9H,2-5,8H2,1H3. The molecule has 0 aliphatic heterocycles. The molecule has 1 unspecified atom stereocenters. The summed E-state index contributed by atoms with van der Waals surface area (Å²) in [6, 6.07) is 1.45. The molecule has 1 fully saturated rings. The summed E-state index contributed by atoms with van der Waals surface area (Å²) in [6.45, 7) is 3.01. The largest absolute Gasteiger partial charge is 0.330 e. The molecule has 2 heteroatoms. The minimum atomic E-state index is 0.627. The van der Waals surface area contributed by atoms with Gasteiger partial charge in [-0.15, -0.1) is 0 Å². The molecule has 0 bridgehead atoms. The van der Waals surface area contributed by atoms with Gasteiger partial charge < -0.3 is 11.1 Å². The summed E-state index contributed by atoms with van der Waals surface area (Å²) in [5.74, 6) is 0. The van der Waals surface area contributed by atoms with Crippen molar-refractivity contribution < 1.29 is 0 Å². The number of hydrogen-bond acceptors (Lipinski definition) is 2. The van der Waals surface area contributed by atoms with Crippen LogP contribution in [0.15, 0.2) is 0 Å². The first-order valence-corrected chi connectivity index (χ1v) is 3.79. The lowest BCUT2D eigenvalue weighted by molar-refractivity contribution is 0.517. The molecule has 0 spiro atoms. The second-order valence-corrected chi connectivity index (χ2v) is 2.92. The van der Waals surface area contributed by atoms with Crippen molar-refractivity contribution in [2.75, 3.05) is 6.54 Å². The summed E-state index contributed by atoms with van der Waals surface area (Å²) >= 11 is 0. The molecule has 1 saturated carbocycles. The zero-order chi connectivity index (χ0) is 6.69. The lowest BCUT2D eigenvalue weighted by Gasteiger charge is -2.10. The van der Waals surface area contributed by atoms with E-state index >= 15 is 0 Å². The summed E-state index contributed by atoms with van der Waals surface area (Å²) in [6.07, 6.45) is 3.85. The molecule has 9 heavy (non-hydrogen) atoms. The van der Waals surface area contributed by atoms with Gasteiger partial charge in [0, 0.05) is 12.1 Å². The van der Waals surface area contributed by atoms with Gasteiger partial charge in [0.25, 0.3) is 0 Å². The van der Waals surface area contributed by atoms with Gasteiger partial charge in [-0.25, -0.2) is 0 Å². The molecule has 0 heterocycles. The highest BCUT2D eigenvalue weighted by molar-refractivity contribution is 4.83. The molecule has 0 aromatic heterocycles. The minimum Gasteiger partial charge on any atom is -0.330 e. The Morgan fingerprint density at radius 1 is 1.67 bits per heavy atom. The molecule has 0 radical (unpaired) electrons. The average molecular weight is 128 g/mol. The normalized spacial score (nSPS) is 22.0. The Labute approximate surface area is 56.8 Å². The van der Waals surface area contributed by atoms with Crippen molar-refractivity contribution in [2.24, 2.45) is 5.73 Å². The van der Waals surface area contributed by atoms with E-state index in [9.17, 15) is 0 Å². The molecule has 1 aliphatic rings. The maximum atomic E-state index is 5.39. The summed E-state index contributed by atoms with van der Waals surface area (Å²) < 4.78 is 0. The minimum absolute atomic E-state index is 0.627. The first-order chi connectivity index (χ1) is 4.33. The van der Waals surface area contributed by atoms with Crippen molar-refractivity contribution in [1.29, 1.82) is 0 Å². The molecule has 2 nitrogen and oxygen atoms in total. The van der Waals surface area contributed by atoms with Crippen molar-refractivity contribution in [3.8, 4) is 0 Å². The molecule has 0 aromatic carbocycles. The van der Waals surface area contributed by atoms with Crippen LogP contribution in [-0.2, 0) is 0 Å². The van der Waals surface area contributed by atoms with Crippen molar-refractivity contribution in [1.82, 2.24) is 5.32 Å². The van der Waals surface area contributed by atoms with Crippen LogP contribution in [-0.4, -0.2) is 18.6 Å². The number of hydrogen-bond donors (Lipinski definition) is 2. The zero-order valence-corrected chi connectivity index (χ0v) is 6.06. The molecular weight excluding hydrogens is 112 g/mol. The predicted molar refractivity (Wildman–Crippen MR) is 39.3 cm³/mol. The van der Waals surface area contributed by atoms with Gasteiger partial charge in [0.15, 0.2) is 0 Å². The van der Waals surface area contributed by atoms with E-state index in [-0.39, 0.29) is 0 Å². The summed E-state index contributed by atoms with van der Waals surface area (Å²) in [7, 11) is 0. The van der Waals surface area contributed by atoms with Crippen LogP contribution in [0.25, 0.3) is 0 Å². The summed E-state index contributed by atoms with van der Waals surface area (Å²) in [5.41, 5.74) is 5.39. The van der Waals surface area contributed by atoms with Gasteiger partial charge in [-0.05, 0) is 32.7 Å². The third-order valence-corrected chi connectivity index (χ3v) is 1.70. The monoisotopic (exact) mass is 128 g/mol. The molecular formula is C7H16N2. The SMILES string of the molecule is CC(CCN)NC1CC1. The van der Waals surface area contributed by atoms with Gasteiger partial charge in [0.1, 0.15) is 0 Å². The average Bonchev–Trinajstić information content (AvgIpc) is 2.50. The molecule has 3 N–H and O–H groups in total. The Bertz CT molecular complexity index is 79.0. The van der Waals surface area contributed by atoms with Gasteiger partial charge in [0.2, 0.25) is 0 Å². The highest BCUT2D eigenvalue weighted by atomic mass is 15.0. The third-order valence-electron chi connectivity index (χ3n) is 1.70. The Hall–Kier alpha value is -0.0800. The van der Waals surface area contributed by atoms with Crippen molar-refractivity contribution in [2.45, 2.75) is 38.3 Å². The zero-order valence-electron chi connectivity index (χ0n) is 6.06. The van der Waals surface area contributed by atoms with E-state index in [0.29, 0.717) is 6.04 Å². The van der Waals surface area contributed by atoms with Gasteiger partial charge in [-0.1, -0.05) is 0 Å². The van der Waals surface area contributed by atoms with E-state index in [1.54, 1.807) is 0 Å². The van der Waals surface area contributed by atoms with Gasteiger partial charge in [-0.3, -0.25) is 0 Å². The van der Waals surface area contributed by atoms with Crippen LogP contribution < -0.4 is 11.1 Å². The van der Waals surface area contributed by atoms with Crippen molar-refractivity contribution >= 4 is 0 Å². The first kappa shape index (κ1) is 7.03. The van der Waals surface area contributed by atoms with Crippen LogP contribution in [0.5, 0.6) is 0 Å². The van der Waals surface area contributed by atoms with Crippen molar-refractivity contribution in [3.63, 3.8) is 0 Å². The van der Waals surface area contributed by atoms with Crippen LogP contribution in [0.2, 0.25) is 0 Å². The lowest BCUT2D eigenvalue weighted by Crippen LogP contribution is -2.29. The van der Waals surface area contributed by atoms with Gasteiger partial charge in [0.05, 0.1) is 0 Å². The van der Waals surface area contributed by atoms with E-state index in [2.05, 4.69) is 12.2 Å². The molecule has 54 valence electrons. The molecule has 0 amide bonds. The molecule has 1 rings (SSSR count). The van der Waals surface area contributed by atoms with Gasteiger partial charge in [-0.2, -0.15) is 0 Å². The van der Waals surface area contributed by atoms with E-state index in [0.717, 1.165) is 19.0 Å². The molecule has 0 aromatic rings. The second kappa shape index (κ2) is 3.18. The topological polar surface area (TPSA) is 38.0 Å². The van der Waals surface area contributed by atoms with Crippen molar-refractivity contribution in [3.05, 3.63) is 0 Å². The van der Waals surface area contributed by atoms with E-state index in [1.807, 2.05) is 0 Å². The number of nitrogens with two attached hydrogens (primary N) is 1. The highest BCUT2D eigenvalue weighted by Gasteiger charge is 2.21. The van der Waals surface area contributed by atoms with Crippen LogP contribution in [0.4, 0.5) is 0 Å². The van der Waals surface area contributed by atoms with E-state index in [4.69, 9.17) is 5.73 Å². The highest BCUT2D eigenvalue weighted by Crippen LogP contribution is 2.19. The number of rotatable bonds is 4. The smallest absolute Gasteiger partial charge is 0.00707 e. The Morgan fingerprint density at radius 3 is 2.78 bits per heavy atom. The summed E-state index contributed by atoms with van der Waals surface area (Å²) in [5, 5.41) is 3.47. The fraction of sp³-hybridized carbons (Fsp3) is 1.00. The fourth-order valence-electron chi connectivity index (χ4n) is 0.986. The Kier molecular flexibility index (Phi) is 2.49. The van der Waals surface area contributed by atoms with Crippen LogP contribution in [0.3, 0.4) is 0 Å². The van der Waals surface area contributed by atoms with Crippen LogP contribution in [0.1, 0.15) is 26.2 Å². The predicted octanol–water partition coefficient (Wildman–Crippen LogP) is 0.476. The lowest BCUT2D eigenvalue weighted by atomic mass is 10.2.